The van der Waals surface area contributed by atoms with E-state index >= 15 is 0 Å². The summed E-state index contributed by atoms with van der Waals surface area (Å²) in [7, 11) is 0. The fraction of sp³-hybridized carbons (Fsp3) is 0.579. The van der Waals surface area contributed by atoms with E-state index in [0.717, 1.165) is 43.6 Å². The Morgan fingerprint density at radius 3 is 2.65 bits per heavy atom. The molecule has 1 fully saturated rings. The van der Waals surface area contributed by atoms with Crippen LogP contribution in [0.3, 0.4) is 0 Å². The lowest BCUT2D eigenvalue weighted by Crippen LogP contribution is -2.36. The molecule has 124 valence electrons. The third kappa shape index (κ3) is 3.92. The van der Waals surface area contributed by atoms with Gasteiger partial charge in [-0.05, 0) is 54.9 Å². The molecule has 0 bridgehead atoms. The minimum Gasteiger partial charge on any atom is -0.326 e. The molecule has 1 heterocycles. The van der Waals surface area contributed by atoms with Crippen LogP contribution in [0.1, 0.15) is 52.0 Å². The van der Waals surface area contributed by atoms with E-state index in [9.17, 15) is 9.59 Å². The Morgan fingerprint density at radius 1 is 1.26 bits per heavy atom. The quantitative estimate of drug-likeness (QED) is 0.923. The Hall–Kier alpha value is -1.84. The molecule has 1 saturated carbocycles. The minimum absolute atomic E-state index is 0.0220. The number of benzene rings is 1. The van der Waals surface area contributed by atoms with Crippen molar-refractivity contribution in [3.05, 3.63) is 23.8 Å². The number of fused-ring (bicyclic) bond motifs is 1. The van der Waals surface area contributed by atoms with Crippen molar-refractivity contribution < 1.29 is 9.59 Å². The van der Waals surface area contributed by atoms with Crippen molar-refractivity contribution in [1.29, 1.82) is 0 Å². The highest BCUT2D eigenvalue weighted by Gasteiger charge is 2.35. The second-order valence-corrected chi connectivity index (χ2v) is 8.00. The SMILES string of the molecule is CC(C)(C)CC(=O)Nc1ccc2c(c1)CCCN2C(=O)C1CC1. The zero-order chi connectivity index (χ0) is 16.6. The van der Waals surface area contributed by atoms with Gasteiger partial charge in [-0.25, -0.2) is 0 Å². The highest BCUT2D eigenvalue weighted by atomic mass is 16.2. The molecule has 1 N–H and O–H groups in total. The molecule has 4 nitrogen and oxygen atoms in total. The van der Waals surface area contributed by atoms with Gasteiger partial charge < -0.3 is 10.2 Å². The van der Waals surface area contributed by atoms with Crippen LogP contribution >= 0.6 is 0 Å². The zero-order valence-corrected chi connectivity index (χ0v) is 14.3. The summed E-state index contributed by atoms with van der Waals surface area (Å²) in [6.45, 7) is 6.99. The van der Waals surface area contributed by atoms with Crippen LogP contribution in [0.5, 0.6) is 0 Å². The van der Waals surface area contributed by atoms with Crippen molar-refractivity contribution in [3.8, 4) is 0 Å². The van der Waals surface area contributed by atoms with E-state index < -0.39 is 0 Å². The van der Waals surface area contributed by atoms with E-state index in [4.69, 9.17) is 0 Å². The first-order chi connectivity index (χ1) is 10.8. The van der Waals surface area contributed by atoms with Crippen molar-refractivity contribution in [2.75, 3.05) is 16.8 Å². The first kappa shape index (κ1) is 16.0. The van der Waals surface area contributed by atoms with Gasteiger partial charge in [-0.2, -0.15) is 0 Å². The van der Waals surface area contributed by atoms with Crippen LogP contribution in [0.4, 0.5) is 11.4 Å². The fourth-order valence-electron chi connectivity index (χ4n) is 3.14. The molecule has 1 aliphatic heterocycles. The predicted molar refractivity (Wildman–Crippen MR) is 92.5 cm³/mol. The molecule has 0 radical (unpaired) electrons. The van der Waals surface area contributed by atoms with Gasteiger partial charge in [0.15, 0.2) is 0 Å². The number of aryl methyl sites for hydroxylation is 1. The summed E-state index contributed by atoms with van der Waals surface area (Å²) in [5.41, 5.74) is 3.01. The summed E-state index contributed by atoms with van der Waals surface area (Å²) in [5, 5.41) is 2.99. The third-order valence-electron chi connectivity index (χ3n) is 4.37. The summed E-state index contributed by atoms with van der Waals surface area (Å²) in [4.78, 5) is 26.4. The van der Waals surface area contributed by atoms with Gasteiger partial charge in [-0.1, -0.05) is 20.8 Å². The predicted octanol–water partition coefficient (Wildman–Crippen LogP) is 3.75. The number of amides is 2. The Balaban J connectivity index is 1.74. The van der Waals surface area contributed by atoms with Gasteiger partial charge in [-0.15, -0.1) is 0 Å². The van der Waals surface area contributed by atoms with Gasteiger partial charge in [-0.3, -0.25) is 9.59 Å². The fourth-order valence-corrected chi connectivity index (χ4v) is 3.14. The lowest BCUT2D eigenvalue weighted by Gasteiger charge is -2.30. The van der Waals surface area contributed by atoms with E-state index in [1.807, 2.05) is 23.1 Å². The maximum absolute atomic E-state index is 12.4. The maximum Gasteiger partial charge on any atom is 0.230 e. The topological polar surface area (TPSA) is 49.4 Å². The maximum atomic E-state index is 12.4. The van der Waals surface area contributed by atoms with Crippen LogP contribution in [0.2, 0.25) is 0 Å². The minimum atomic E-state index is -0.0220. The van der Waals surface area contributed by atoms with E-state index in [-0.39, 0.29) is 23.1 Å². The van der Waals surface area contributed by atoms with Gasteiger partial charge in [0, 0.05) is 30.3 Å². The van der Waals surface area contributed by atoms with Crippen molar-refractivity contribution in [1.82, 2.24) is 0 Å². The molecule has 0 spiro atoms. The molecule has 1 aromatic rings. The molecule has 1 aliphatic carbocycles. The zero-order valence-electron chi connectivity index (χ0n) is 14.3. The van der Waals surface area contributed by atoms with Gasteiger partial charge >= 0.3 is 0 Å². The van der Waals surface area contributed by atoms with Gasteiger partial charge in [0.2, 0.25) is 11.8 Å². The van der Waals surface area contributed by atoms with Gasteiger partial charge in [0.05, 0.1) is 0 Å². The number of carbonyl (C=O) groups is 2. The lowest BCUT2D eigenvalue weighted by molar-refractivity contribution is -0.120. The number of rotatable bonds is 3. The van der Waals surface area contributed by atoms with Crippen LogP contribution in [0, 0.1) is 11.3 Å². The summed E-state index contributed by atoms with van der Waals surface area (Å²) in [5.74, 6) is 0.557. The molecular weight excluding hydrogens is 288 g/mol. The number of nitrogens with one attached hydrogen (secondary N) is 1. The average molecular weight is 314 g/mol. The molecule has 2 aliphatic rings. The Morgan fingerprint density at radius 2 is 2.00 bits per heavy atom. The van der Waals surface area contributed by atoms with Crippen LogP contribution in [-0.2, 0) is 16.0 Å². The molecule has 2 amide bonds. The second kappa shape index (κ2) is 5.99. The molecular formula is C19H26N2O2. The Labute approximate surface area is 138 Å². The molecule has 0 atom stereocenters. The first-order valence-corrected chi connectivity index (χ1v) is 8.58. The molecule has 3 rings (SSSR count). The molecule has 1 aromatic carbocycles. The molecule has 0 aromatic heterocycles. The Kier molecular flexibility index (Phi) is 4.17. The van der Waals surface area contributed by atoms with E-state index in [0.29, 0.717) is 6.42 Å². The van der Waals surface area contributed by atoms with E-state index in [2.05, 4.69) is 26.1 Å². The second-order valence-electron chi connectivity index (χ2n) is 8.00. The van der Waals surface area contributed by atoms with Gasteiger partial charge in [0.1, 0.15) is 0 Å². The van der Waals surface area contributed by atoms with Crippen LogP contribution < -0.4 is 10.2 Å². The van der Waals surface area contributed by atoms with Crippen molar-refractivity contribution in [2.24, 2.45) is 11.3 Å². The van der Waals surface area contributed by atoms with E-state index in [1.54, 1.807) is 0 Å². The molecule has 4 heteroatoms. The van der Waals surface area contributed by atoms with Crippen LogP contribution in [-0.4, -0.2) is 18.4 Å². The summed E-state index contributed by atoms with van der Waals surface area (Å²) in [6.07, 6.45) is 4.52. The van der Waals surface area contributed by atoms with Crippen LogP contribution in [0.25, 0.3) is 0 Å². The molecule has 0 saturated heterocycles. The normalized spacial score (nSPS) is 17.6. The van der Waals surface area contributed by atoms with Gasteiger partial charge in [0.25, 0.3) is 0 Å². The Bertz CT molecular complexity index is 627. The van der Waals surface area contributed by atoms with Crippen molar-refractivity contribution in [2.45, 2.75) is 52.9 Å². The van der Waals surface area contributed by atoms with E-state index in [1.165, 1.54) is 5.56 Å². The lowest BCUT2D eigenvalue weighted by atomic mass is 9.92. The van der Waals surface area contributed by atoms with Crippen molar-refractivity contribution >= 4 is 23.2 Å². The molecule has 23 heavy (non-hydrogen) atoms. The highest BCUT2D eigenvalue weighted by Crippen LogP contribution is 2.36. The third-order valence-corrected chi connectivity index (χ3v) is 4.37. The summed E-state index contributed by atoms with van der Waals surface area (Å²) < 4.78 is 0. The smallest absolute Gasteiger partial charge is 0.230 e. The standard InChI is InChI=1S/C19H26N2O2/c1-19(2,3)12-17(22)20-15-8-9-16-14(11-15)5-4-10-21(16)18(23)13-6-7-13/h8-9,11,13H,4-7,10,12H2,1-3H3,(H,20,22). The number of anilines is 2. The molecule has 0 unspecified atom stereocenters. The monoisotopic (exact) mass is 314 g/mol. The number of hydrogen-bond donors (Lipinski definition) is 1. The van der Waals surface area contributed by atoms with Crippen molar-refractivity contribution in [3.63, 3.8) is 0 Å². The highest BCUT2D eigenvalue weighted by molar-refractivity contribution is 5.98. The van der Waals surface area contributed by atoms with Crippen LogP contribution in [0.15, 0.2) is 18.2 Å². The number of carbonyl (C=O) groups excluding carboxylic acids is 2. The average Bonchev–Trinajstić information content (AvgIpc) is 3.28. The first-order valence-electron chi connectivity index (χ1n) is 8.58. The largest absolute Gasteiger partial charge is 0.326 e. The summed E-state index contributed by atoms with van der Waals surface area (Å²) in [6, 6.07) is 5.93. The number of nitrogens with zero attached hydrogens (tertiary/aromatic N) is 1. The summed E-state index contributed by atoms with van der Waals surface area (Å²) >= 11 is 0. The number of hydrogen-bond acceptors (Lipinski definition) is 2.